The number of likely N-dealkylation sites (tertiary alicyclic amines) is 2. The Labute approximate surface area is 160 Å². The van der Waals surface area contributed by atoms with Gasteiger partial charge in [0.05, 0.1) is 11.0 Å². The molecule has 4 nitrogen and oxygen atoms in total. The summed E-state index contributed by atoms with van der Waals surface area (Å²) in [4.78, 5) is 30.0. The molecular weight excluding hydrogens is 344 g/mol. The largest absolute Gasteiger partial charge is 0.342 e. The van der Waals surface area contributed by atoms with Crippen LogP contribution in [0.3, 0.4) is 0 Å². The second kappa shape index (κ2) is 7.71. The molecule has 5 heteroatoms. The maximum Gasteiger partial charge on any atom is 0.254 e. The maximum atomic E-state index is 13.3. The smallest absolute Gasteiger partial charge is 0.254 e. The highest BCUT2D eigenvalue weighted by atomic mass is 32.1. The zero-order valence-electron chi connectivity index (χ0n) is 15.6. The Morgan fingerprint density at radius 3 is 2.77 bits per heavy atom. The van der Waals surface area contributed by atoms with Crippen LogP contribution in [0, 0.1) is 11.3 Å². The third-order valence-corrected chi connectivity index (χ3v) is 7.45. The first-order chi connectivity index (χ1) is 12.7. The van der Waals surface area contributed by atoms with E-state index in [1.54, 1.807) is 11.3 Å². The molecule has 0 unspecified atom stereocenters. The number of hydrogen-bond donors (Lipinski definition) is 0. The molecule has 1 aromatic rings. The van der Waals surface area contributed by atoms with Gasteiger partial charge in [0.25, 0.3) is 5.91 Å². The van der Waals surface area contributed by atoms with E-state index in [0.29, 0.717) is 12.5 Å². The molecule has 3 heterocycles. The summed E-state index contributed by atoms with van der Waals surface area (Å²) in [6.07, 6.45) is 10.8. The zero-order valence-corrected chi connectivity index (χ0v) is 16.4. The molecule has 1 aromatic heterocycles. The van der Waals surface area contributed by atoms with Crippen LogP contribution in [0.5, 0.6) is 0 Å². The van der Waals surface area contributed by atoms with Crippen LogP contribution in [0.15, 0.2) is 16.8 Å². The lowest BCUT2D eigenvalue weighted by Gasteiger charge is -2.40. The Morgan fingerprint density at radius 2 is 2.00 bits per heavy atom. The number of thiophene rings is 1. The van der Waals surface area contributed by atoms with Crippen molar-refractivity contribution in [3.8, 4) is 0 Å². The van der Waals surface area contributed by atoms with Crippen LogP contribution in [-0.2, 0) is 4.79 Å². The molecule has 2 aliphatic heterocycles. The van der Waals surface area contributed by atoms with Gasteiger partial charge in [-0.15, -0.1) is 0 Å². The van der Waals surface area contributed by atoms with Crippen LogP contribution in [0.25, 0.3) is 0 Å². The molecule has 0 aromatic carbocycles. The number of carbonyl (C=O) groups is 2. The highest BCUT2D eigenvalue weighted by Crippen LogP contribution is 2.41. The lowest BCUT2D eigenvalue weighted by Crippen LogP contribution is -2.50. The SMILES string of the molecule is O=C(c1ccsc1)N1CC[C@@]2(CCCN(CCC3CCCCC3)C2=O)C1. The third kappa shape index (κ3) is 3.55. The summed E-state index contributed by atoms with van der Waals surface area (Å²) in [6.45, 7) is 3.16. The summed E-state index contributed by atoms with van der Waals surface area (Å²) in [7, 11) is 0. The molecule has 26 heavy (non-hydrogen) atoms. The summed E-state index contributed by atoms with van der Waals surface area (Å²) >= 11 is 1.55. The highest BCUT2D eigenvalue weighted by molar-refractivity contribution is 7.08. The fraction of sp³-hybridized carbons (Fsp3) is 0.714. The minimum absolute atomic E-state index is 0.0928. The molecule has 3 fully saturated rings. The Morgan fingerprint density at radius 1 is 1.15 bits per heavy atom. The first kappa shape index (κ1) is 18.0. The van der Waals surface area contributed by atoms with Crippen LogP contribution in [0.2, 0.25) is 0 Å². The molecule has 2 amide bonds. The lowest BCUT2D eigenvalue weighted by atomic mass is 9.78. The van der Waals surface area contributed by atoms with Crippen molar-refractivity contribution in [2.24, 2.45) is 11.3 Å². The van der Waals surface area contributed by atoms with E-state index in [4.69, 9.17) is 0 Å². The summed E-state index contributed by atoms with van der Waals surface area (Å²) in [5.74, 6) is 1.23. The van der Waals surface area contributed by atoms with Gasteiger partial charge in [-0.05, 0) is 43.0 Å². The molecule has 142 valence electrons. The van der Waals surface area contributed by atoms with E-state index in [0.717, 1.165) is 50.4 Å². The molecule has 1 aliphatic carbocycles. The number of amides is 2. The average molecular weight is 375 g/mol. The predicted molar refractivity (Wildman–Crippen MR) is 104 cm³/mol. The van der Waals surface area contributed by atoms with Crippen LogP contribution >= 0.6 is 11.3 Å². The quantitative estimate of drug-likeness (QED) is 0.793. The van der Waals surface area contributed by atoms with Gasteiger partial charge in [-0.1, -0.05) is 32.1 Å². The van der Waals surface area contributed by atoms with E-state index < -0.39 is 0 Å². The second-order valence-electron chi connectivity index (χ2n) is 8.46. The van der Waals surface area contributed by atoms with Gasteiger partial charge in [0, 0.05) is 31.6 Å². The highest BCUT2D eigenvalue weighted by Gasteiger charge is 2.49. The number of hydrogen-bond acceptors (Lipinski definition) is 3. The molecular formula is C21H30N2O2S. The van der Waals surface area contributed by atoms with Crippen molar-refractivity contribution in [3.63, 3.8) is 0 Å². The summed E-state index contributed by atoms with van der Waals surface area (Å²) in [6, 6.07) is 1.89. The Balaban J connectivity index is 1.37. The Hall–Kier alpha value is -1.36. The van der Waals surface area contributed by atoms with E-state index in [1.807, 2.05) is 21.7 Å². The topological polar surface area (TPSA) is 40.6 Å². The van der Waals surface area contributed by atoms with Crippen molar-refractivity contribution in [1.29, 1.82) is 0 Å². The van der Waals surface area contributed by atoms with Crippen molar-refractivity contribution in [2.45, 2.75) is 57.8 Å². The van der Waals surface area contributed by atoms with Crippen molar-refractivity contribution in [1.82, 2.24) is 9.80 Å². The van der Waals surface area contributed by atoms with Crippen LogP contribution in [0.1, 0.15) is 68.1 Å². The Bertz CT molecular complexity index is 638. The van der Waals surface area contributed by atoms with Gasteiger partial charge in [0.2, 0.25) is 5.91 Å². The molecule has 2 saturated heterocycles. The molecule has 3 aliphatic rings. The van der Waals surface area contributed by atoms with E-state index in [9.17, 15) is 9.59 Å². The van der Waals surface area contributed by atoms with Crippen molar-refractivity contribution < 1.29 is 9.59 Å². The second-order valence-corrected chi connectivity index (χ2v) is 9.24. The molecule has 1 spiro atoms. The predicted octanol–water partition coefficient (Wildman–Crippen LogP) is 4.17. The molecule has 1 atom stereocenters. The molecule has 0 N–H and O–H groups in total. The number of rotatable bonds is 4. The van der Waals surface area contributed by atoms with E-state index in [-0.39, 0.29) is 11.3 Å². The third-order valence-electron chi connectivity index (χ3n) is 6.77. The molecule has 0 radical (unpaired) electrons. The molecule has 4 rings (SSSR count). The van der Waals surface area contributed by atoms with E-state index in [1.165, 1.54) is 38.5 Å². The van der Waals surface area contributed by atoms with Crippen LogP contribution < -0.4 is 0 Å². The Kier molecular flexibility index (Phi) is 5.35. The summed E-state index contributed by atoms with van der Waals surface area (Å²) in [5.41, 5.74) is 0.459. The van der Waals surface area contributed by atoms with Gasteiger partial charge in [0.1, 0.15) is 0 Å². The molecule has 1 saturated carbocycles. The van der Waals surface area contributed by atoms with Gasteiger partial charge in [-0.3, -0.25) is 9.59 Å². The minimum atomic E-state index is -0.309. The number of carbonyl (C=O) groups excluding carboxylic acids is 2. The first-order valence-corrected chi connectivity index (χ1v) is 11.2. The van der Waals surface area contributed by atoms with Gasteiger partial charge >= 0.3 is 0 Å². The summed E-state index contributed by atoms with van der Waals surface area (Å²) < 4.78 is 0. The first-order valence-electron chi connectivity index (χ1n) is 10.3. The maximum absolute atomic E-state index is 13.3. The molecule has 0 bridgehead atoms. The lowest BCUT2D eigenvalue weighted by molar-refractivity contribution is -0.145. The van der Waals surface area contributed by atoms with E-state index >= 15 is 0 Å². The fourth-order valence-corrected chi connectivity index (χ4v) is 5.80. The average Bonchev–Trinajstić information content (AvgIpc) is 3.34. The zero-order chi connectivity index (χ0) is 18.0. The minimum Gasteiger partial charge on any atom is -0.342 e. The van der Waals surface area contributed by atoms with Gasteiger partial charge in [-0.25, -0.2) is 0 Å². The monoisotopic (exact) mass is 374 g/mol. The van der Waals surface area contributed by atoms with Crippen LogP contribution in [0.4, 0.5) is 0 Å². The van der Waals surface area contributed by atoms with Gasteiger partial charge in [0.15, 0.2) is 0 Å². The van der Waals surface area contributed by atoms with Gasteiger partial charge < -0.3 is 9.80 Å². The standard InChI is InChI=1S/C21H30N2O2S/c24-19(18-8-14-26-15-18)23-13-10-21(16-23)9-4-11-22(20(21)25)12-7-17-5-2-1-3-6-17/h8,14-15,17H,1-7,9-13,16H2/t21-/m0/s1. The van der Waals surface area contributed by atoms with Crippen molar-refractivity contribution >= 4 is 23.2 Å². The normalized spacial score (nSPS) is 27.5. The van der Waals surface area contributed by atoms with Gasteiger partial charge in [-0.2, -0.15) is 11.3 Å². The summed E-state index contributed by atoms with van der Waals surface area (Å²) in [5, 5.41) is 3.85. The number of nitrogens with zero attached hydrogens (tertiary/aromatic N) is 2. The van der Waals surface area contributed by atoms with Crippen molar-refractivity contribution in [3.05, 3.63) is 22.4 Å². The van der Waals surface area contributed by atoms with Crippen LogP contribution in [-0.4, -0.2) is 47.8 Å². The number of piperidine rings is 1. The van der Waals surface area contributed by atoms with E-state index in [2.05, 4.69) is 4.90 Å². The fourth-order valence-electron chi connectivity index (χ4n) is 5.17. The van der Waals surface area contributed by atoms with Crippen molar-refractivity contribution in [2.75, 3.05) is 26.2 Å².